The predicted molar refractivity (Wildman–Crippen MR) is 138 cm³/mol. The Morgan fingerprint density at radius 2 is 2.03 bits per heavy atom. The highest BCUT2D eigenvalue weighted by atomic mass is 35.5. The van der Waals surface area contributed by atoms with Crippen molar-refractivity contribution in [3.05, 3.63) is 64.6 Å². The molecule has 0 radical (unpaired) electrons. The van der Waals surface area contributed by atoms with Crippen molar-refractivity contribution < 1.29 is 8.60 Å². The molecule has 11 heteroatoms. The van der Waals surface area contributed by atoms with Gasteiger partial charge in [0.15, 0.2) is 5.82 Å². The number of nitrogen functional groups attached to an aromatic ring is 1. The van der Waals surface area contributed by atoms with E-state index in [1.165, 1.54) is 24.1 Å². The zero-order valence-corrected chi connectivity index (χ0v) is 21.5. The molecule has 1 aromatic heterocycles. The first kappa shape index (κ1) is 24.3. The average molecular weight is 533 g/mol. The summed E-state index contributed by atoms with van der Waals surface area (Å²) >= 11 is 7.64. The molecule has 7 nitrogen and oxygen atoms in total. The lowest BCUT2D eigenvalue weighted by molar-refractivity contribution is 0.187. The molecule has 0 amide bonds. The molecule has 1 aliphatic carbocycles. The average Bonchev–Trinajstić information content (AvgIpc) is 3.07. The van der Waals surface area contributed by atoms with Gasteiger partial charge in [-0.05, 0) is 60.1 Å². The molecule has 1 aliphatic heterocycles. The summed E-state index contributed by atoms with van der Waals surface area (Å²) in [5.74, 6) is 0.727. The Hall–Kier alpha value is -2.40. The zero-order chi connectivity index (χ0) is 25.0. The van der Waals surface area contributed by atoms with Gasteiger partial charge in [0.05, 0.1) is 25.8 Å². The number of hydrogen-bond donors (Lipinski definition) is 3. The topological polar surface area (TPSA) is 122 Å². The Morgan fingerprint density at radius 1 is 1.29 bits per heavy atom. The summed E-state index contributed by atoms with van der Waals surface area (Å²) in [7, 11) is -2.96. The summed E-state index contributed by atoms with van der Waals surface area (Å²) in [4.78, 5) is 12.2. The Bertz CT molecular complexity index is 1410. The number of piperidine rings is 1. The van der Waals surface area contributed by atoms with Crippen LogP contribution in [0, 0.1) is 16.0 Å². The van der Waals surface area contributed by atoms with E-state index in [0.717, 1.165) is 43.5 Å². The fraction of sp³-hybridized carbons (Fsp3) is 0.333. The minimum absolute atomic E-state index is 0.0704. The van der Waals surface area contributed by atoms with Crippen molar-refractivity contribution >= 4 is 44.7 Å². The van der Waals surface area contributed by atoms with Gasteiger partial charge in [0.25, 0.3) is 0 Å². The van der Waals surface area contributed by atoms with Gasteiger partial charge in [0.1, 0.15) is 16.7 Å². The molecule has 5 rings (SSSR count). The zero-order valence-electron chi connectivity index (χ0n) is 19.1. The second-order valence-electron chi connectivity index (χ2n) is 9.28. The SMILES string of the molecule is CS(=N)(=O)c1cccc(Sc2ncc(N3CCC4(CC3)Cc3ccc(F)cc3[C@H]4N)nc2N)c1Cl. The van der Waals surface area contributed by atoms with Gasteiger partial charge < -0.3 is 16.4 Å². The van der Waals surface area contributed by atoms with E-state index in [1.807, 2.05) is 6.07 Å². The number of rotatable bonds is 4. The maximum absolute atomic E-state index is 13.8. The first-order valence-electron chi connectivity index (χ1n) is 11.2. The molecular weight excluding hydrogens is 507 g/mol. The van der Waals surface area contributed by atoms with Crippen LogP contribution in [0.3, 0.4) is 0 Å². The standard InChI is InChI=1S/C24H26ClFN6OS2/c1-35(29,33)18-4-2-3-17(20(18)25)34-23-22(28)31-19(13-30-23)32-9-7-24(8-10-32)12-14-5-6-15(26)11-16(14)21(24)27/h2-6,11,13,21,29H,7-10,12,27H2,1H3,(H2,28,31)/t21-,35?/m1/s1. The highest BCUT2D eigenvalue weighted by molar-refractivity contribution is 7.99. The van der Waals surface area contributed by atoms with Gasteiger partial charge >= 0.3 is 0 Å². The van der Waals surface area contributed by atoms with E-state index in [2.05, 4.69) is 14.9 Å². The predicted octanol–water partition coefficient (Wildman–Crippen LogP) is 4.88. The highest BCUT2D eigenvalue weighted by Crippen LogP contribution is 2.51. The largest absolute Gasteiger partial charge is 0.381 e. The summed E-state index contributed by atoms with van der Waals surface area (Å²) in [6.07, 6.45) is 5.64. The van der Waals surface area contributed by atoms with E-state index in [4.69, 9.17) is 27.8 Å². The number of hydrogen-bond acceptors (Lipinski definition) is 8. The number of halogens is 2. The maximum atomic E-state index is 13.8. The minimum Gasteiger partial charge on any atom is -0.381 e. The summed E-state index contributed by atoms with van der Waals surface area (Å²) in [6.45, 7) is 1.51. The molecule has 0 bridgehead atoms. The fourth-order valence-electron chi connectivity index (χ4n) is 5.09. The van der Waals surface area contributed by atoms with Crippen molar-refractivity contribution in [1.29, 1.82) is 4.78 Å². The van der Waals surface area contributed by atoms with Crippen LogP contribution in [-0.4, -0.2) is 33.5 Å². The maximum Gasteiger partial charge on any atom is 0.158 e. The molecule has 184 valence electrons. The Kier molecular flexibility index (Phi) is 6.19. The lowest BCUT2D eigenvalue weighted by atomic mass is 9.73. The molecular formula is C24H26ClFN6OS2. The Morgan fingerprint density at radius 3 is 2.71 bits per heavy atom. The van der Waals surface area contributed by atoms with Crippen molar-refractivity contribution in [3.8, 4) is 0 Å². The highest BCUT2D eigenvalue weighted by Gasteiger charge is 2.46. The van der Waals surface area contributed by atoms with Gasteiger partial charge in [-0.25, -0.2) is 23.3 Å². The monoisotopic (exact) mass is 532 g/mol. The van der Waals surface area contributed by atoms with Crippen molar-refractivity contribution in [1.82, 2.24) is 9.97 Å². The van der Waals surface area contributed by atoms with Crippen LogP contribution in [0.1, 0.15) is 30.0 Å². The van der Waals surface area contributed by atoms with E-state index >= 15 is 0 Å². The van der Waals surface area contributed by atoms with Crippen LogP contribution in [0.15, 0.2) is 57.4 Å². The molecule has 2 aromatic carbocycles. The quantitative estimate of drug-likeness (QED) is 0.437. The minimum atomic E-state index is -2.96. The number of fused-ring (bicyclic) bond motifs is 1. The molecule has 2 atom stereocenters. The van der Waals surface area contributed by atoms with Crippen LogP contribution in [-0.2, 0) is 16.1 Å². The molecule has 5 N–H and O–H groups in total. The van der Waals surface area contributed by atoms with Crippen molar-refractivity contribution in [2.45, 2.75) is 40.1 Å². The summed E-state index contributed by atoms with van der Waals surface area (Å²) < 4.78 is 33.8. The van der Waals surface area contributed by atoms with E-state index in [9.17, 15) is 8.60 Å². The third-order valence-electron chi connectivity index (χ3n) is 7.03. The number of nitrogens with zero attached hydrogens (tertiary/aromatic N) is 3. The number of aromatic nitrogens is 2. The molecule has 1 unspecified atom stereocenters. The lowest BCUT2D eigenvalue weighted by Gasteiger charge is -2.42. The molecule has 1 saturated heterocycles. The second-order valence-corrected chi connectivity index (χ2v) is 12.8. The number of anilines is 2. The molecule has 2 aliphatic rings. The smallest absolute Gasteiger partial charge is 0.158 e. The number of nitrogens with one attached hydrogen (secondary N) is 1. The second kappa shape index (κ2) is 8.92. The number of benzene rings is 2. The van der Waals surface area contributed by atoms with Crippen LogP contribution in [0.25, 0.3) is 0 Å². The van der Waals surface area contributed by atoms with E-state index in [1.54, 1.807) is 30.5 Å². The van der Waals surface area contributed by atoms with Gasteiger partial charge in [0, 0.05) is 30.3 Å². The Labute approximate surface area is 213 Å². The van der Waals surface area contributed by atoms with Crippen LogP contribution >= 0.6 is 23.4 Å². The lowest BCUT2D eigenvalue weighted by Crippen LogP contribution is -2.44. The van der Waals surface area contributed by atoms with Gasteiger partial charge in [-0.15, -0.1) is 0 Å². The molecule has 1 spiro atoms. The van der Waals surface area contributed by atoms with E-state index in [0.29, 0.717) is 15.7 Å². The molecule has 1 fully saturated rings. The van der Waals surface area contributed by atoms with Crippen molar-refractivity contribution in [2.75, 3.05) is 30.0 Å². The third kappa shape index (κ3) is 4.48. The number of nitrogens with two attached hydrogens (primary N) is 2. The molecule has 35 heavy (non-hydrogen) atoms. The Balaban J connectivity index is 1.30. The van der Waals surface area contributed by atoms with Crippen molar-refractivity contribution in [2.24, 2.45) is 11.1 Å². The normalized spacial score (nSPS) is 20.6. The van der Waals surface area contributed by atoms with E-state index in [-0.39, 0.29) is 33.0 Å². The first-order valence-corrected chi connectivity index (χ1v) is 14.3. The van der Waals surface area contributed by atoms with Crippen LogP contribution in [0.5, 0.6) is 0 Å². The van der Waals surface area contributed by atoms with Crippen molar-refractivity contribution in [3.63, 3.8) is 0 Å². The molecule has 2 heterocycles. The summed E-state index contributed by atoms with van der Waals surface area (Å²) in [5.41, 5.74) is 14.8. The van der Waals surface area contributed by atoms with Gasteiger partial charge in [-0.2, -0.15) is 0 Å². The first-order chi connectivity index (χ1) is 16.6. The van der Waals surface area contributed by atoms with Crippen LogP contribution in [0.2, 0.25) is 5.02 Å². The van der Waals surface area contributed by atoms with Crippen LogP contribution < -0.4 is 16.4 Å². The van der Waals surface area contributed by atoms with Gasteiger partial charge in [0.2, 0.25) is 0 Å². The van der Waals surface area contributed by atoms with Gasteiger partial charge in [-0.1, -0.05) is 35.5 Å². The van der Waals surface area contributed by atoms with E-state index < -0.39 is 9.73 Å². The van der Waals surface area contributed by atoms with Gasteiger partial charge in [-0.3, -0.25) is 0 Å². The fourth-order valence-corrected chi connectivity index (χ4v) is 7.44. The van der Waals surface area contributed by atoms with Crippen LogP contribution in [0.4, 0.5) is 16.0 Å². The molecule has 0 saturated carbocycles. The summed E-state index contributed by atoms with van der Waals surface area (Å²) in [5, 5.41) is 0.754. The third-order valence-corrected chi connectivity index (χ3v) is 9.91. The molecule has 3 aromatic rings. The summed E-state index contributed by atoms with van der Waals surface area (Å²) in [6, 6.07) is 9.85.